The van der Waals surface area contributed by atoms with Gasteiger partial charge in [-0.1, -0.05) is 37.2 Å². The number of benzene rings is 1. The van der Waals surface area contributed by atoms with Gasteiger partial charge in [0.2, 0.25) is 0 Å². The Morgan fingerprint density at radius 3 is 2.71 bits per heavy atom. The summed E-state index contributed by atoms with van der Waals surface area (Å²) >= 11 is 0. The fourth-order valence-corrected chi connectivity index (χ4v) is 2.22. The van der Waals surface area contributed by atoms with Crippen LogP contribution in [0.2, 0.25) is 0 Å². The fourth-order valence-electron chi connectivity index (χ4n) is 2.22. The summed E-state index contributed by atoms with van der Waals surface area (Å²) in [7, 11) is 0. The molecule has 0 unspecified atom stereocenters. The van der Waals surface area contributed by atoms with Gasteiger partial charge in [-0.2, -0.15) is 0 Å². The molecule has 2 heteroatoms. The lowest BCUT2D eigenvalue weighted by atomic mass is 9.89. The van der Waals surface area contributed by atoms with Crippen molar-refractivity contribution in [2.45, 2.75) is 39.0 Å². The minimum Gasteiger partial charge on any atom is -0.145 e. The molecule has 88 valence electrons. The Balaban J connectivity index is 2.12. The molecule has 0 amide bonds. The van der Waals surface area contributed by atoms with Crippen LogP contribution in [0.5, 0.6) is 0 Å². The average molecular weight is 227 g/mol. The summed E-state index contributed by atoms with van der Waals surface area (Å²) in [4.78, 5) is 10.6. The van der Waals surface area contributed by atoms with E-state index in [1.54, 1.807) is 6.07 Å². The molecule has 0 aliphatic heterocycles. The van der Waals surface area contributed by atoms with Gasteiger partial charge < -0.3 is 0 Å². The largest absolute Gasteiger partial charge is 0.145 e. The van der Waals surface area contributed by atoms with Crippen molar-refractivity contribution < 1.29 is 0 Å². The molecule has 0 saturated heterocycles. The van der Waals surface area contributed by atoms with E-state index in [0.29, 0.717) is 11.6 Å². The third kappa shape index (κ3) is 3.17. The number of nitrogens with zero attached hydrogens (tertiary/aromatic N) is 1. The number of hydrogen-bond acceptors (Lipinski definition) is 2. The molecule has 1 aromatic rings. The maximum absolute atomic E-state index is 10.6. The molecule has 0 atom stereocenters. The van der Waals surface area contributed by atoms with E-state index in [2.05, 4.69) is 17.0 Å². The van der Waals surface area contributed by atoms with Gasteiger partial charge >= 0.3 is 0 Å². The van der Waals surface area contributed by atoms with E-state index in [9.17, 15) is 4.91 Å². The topological polar surface area (TPSA) is 29.4 Å². The van der Waals surface area contributed by atoms with E-state index in [-0.39, 0.29) is 0 Å². The molecule has 1 fully saturated rings. The maximum atomic E-state index is 10.6. The Labute approximate surface area is 102 Å². The van der Waals surface area contributed by atoms with Crippen molar-refractivity contribution in [2.75, 3.05) is 0 Å². The van der Waals surface area contributed by atoms with Crippen LogP contribution in [0.3, 0.4) is 0 Å². The van der Waals surface area contributed by atoms with Crippen LogP contribution in [0.4, 0.5) is 5.69 Å². The molecular weight excluding hydrogens is 210 g/mol. The van der Waals surface area contributed by atoms with Crippen molar-refractivity contribution >= 4 is 5.69 Å². The maximum Gasteiger partial charge on any atom is 0.112 e. The Kier molecular flexibility index (Phi) is 3.93. The van der Waals surface area contributed by atoms with Crippen molar-refractivity contribution in [2.24, 2.45) is 11.1 Å². The van der Waals surface area contributed by atoms with E-state index in [1.807, 2.05) is 19.1 Å². The quantitative estimate of drug-likeness (QED) is 0.518. The Hall–Kier alpha value is -1.62. The highest BCUT2D eigenvalue weighted by atomic mass is 16.3. The average Bonchev–Trinajstić information content (AvgIpc) is 2.39. The lowest BCUT2D eigenvalue weighted by Gasteiger charge is -2.15. The van der Waals surface area contributed by atoms with Crippen LogP contribution in [-0.4, -0.2) is 0 Å². The molecule has 0 spiro atoms. The predicted molar refractivity (Wildman–Crippen MR) is 70.1 cm³/mol. The van der Waals surface area contributed by atoms with Gasteiger partial charge in [-0.3, -0.25) is 0 Å². The summed E-state index contributed by atoms with van der Waals surface area (Å²) < 4.78 is 0. The fraction of sp³-hybridized carbons (Fsp3) is 0.467. The Bertz CT molecular complexity index is 462. The van der Waals surface area contributed by atoms with Crippen molar-refractivity contribution in [3.8, 4) is 11.8 Å². The molecule has 1 aliphatic carbocycles. The lowest BCUT2D eigenvalue weighted by Crippen LogP contribution is -2.02. The summed E-state index contributed by atoms with van der Waals surface area (Å²) in [5, 5.41) is 3.01. The lowest BCUT2D eigenvalue weighted by molar-refractivity contribution is 0.430. The van der Waals surface area contributed by atoms with E-state index in [1.165, 1.54) is 32.1 Å². The van der Waals surface area contributed by atoms with Crippen LogP contribution < -0.4 is 0 Å². The smallest absolute Gasteiger partial charge is 0.112 e. The Morgan fingerprint density at radius 1 is 1.24 bits per heavy atom. The zero-order valence-corrected chi connectivity index (χ0v) is 10.2. The third-order valence-corrected chi connectivity index (χ3v) is 3.33. The second kappa shape index (κ2) is 5.63. The summed E-state index contributed by atoms with van der Waals surface area (Å²) in [6.07, 6.45) is 6.39. The second-order valence-electron chi connectivity index (χ2n) is 4.70. The van der Waals surface area contributed by atoms with Crippen molar-refractivity contribution in [3.05, 3.63) is 34.2 Å². The highest BCUT2D eigenvalue weighted by molar-refractivity contribution is 5.51. The number of nitroso groups, excluding NO2 is 1. The van der Waals surface area contributed by atoms with Crippen LogP contribution >= 0.6 is 0 Å². The molecule has 0 heterocycles. The van der Waals surface area contributed by atoms with Crippen LogP contribution in [0.1, 0.15) is 43.2 Å². The molecule has 1 aromatic carbocycles. The molecule has 1 aliphatic rings. The first kappa shape index (κ1) is 11.9. The standard InChI is InChI=1S/C15H17NO/c1-12-7-8-14(11-15(12)16-17)10-9-13-5-3-2-4-6-13/h7-8,11,13H,2-6H2,1H3. The van der Waals surface area contributed by atoms with Crippen molar-refractivity contribution in [1.82, 2.24) is 0 Å². The third-order valence-electron chi connectivity index (χ3n) is 3.33. The predicted octanol–water partition coefficient (Wildman–Crippen LogP) is 4.32. The van der Waals surface area contributed by atoms with E-state index in [4.69, 9.17) is 0 Å². The zero-order chi connectivity index (χ0) is 12.1. The summed E-state index contributed by atoms with van der Waals surface area (Å²) in [6, 6.07) is 5.64. The van der Waals surface area contributed by atoms with Gasteiger partial charge in [0.1, 0.15) is 5.69 Å². The van der Waals surface area contributed by atoms with E-state index in [0.717, 1.165) is 11.1 Å². The summed E-state index contributed by atoms with van der Waals surface area (Å²) in [5.74, 6) is 7.02. The first-order valence-electron chi connectivity index (χ1n) is 6.25. The van der Waals surface area contributed by atoms with Crippen LogP contribution in [0.25, 0.3) is 0 Å². The van der Waals surface area contributed by atoms with Crippen molar-refractivity contribution in [3.63, 3.8) is 0 Å². The Morgan fingerprint density at radius 2 is 2.00 bits per heavy atom. The molecule has 0 radical (unpaired) electrons. The molecule has 17 heavy (non-hydrogen) atoms. The number of hydrogen-bond donors (Lipinski definition) is 0. The van der Waals surface area contributed by atoms with Gasteiger partial charge in [-0.05, 0) is 42.6 Å². The van der Waals surface area contributed by atoms with Gasteiger partial charge in [0.05, 0.1) is 0 Å². The minimum atomic E-state index is 0.500. The van der Waals surface area contributed by atoms with Crippen LogP contribution in [0.15, 0.2) is 23.4 Å². The zero-order valence-electron chi connectivity index (χ0n) is 10.2. The highest BCUT2D eigenvalue weighted by Gasteiger charge is 2.09. The number of aryl methyl sites for hydroxylation is 1. The van der Waals surface area contributed by atoms with E-state index < -0.39 is 0 Å². The number of rotatable bonds is 1. The molecule has 0 bridgehead atoms. The van der Waals surface area contributed by atoms with Crippen LogP contribution in [-0.2, 0) is 0 Å². The van der Waals surface area contributed by atoms with Gasteiger partial charge in [0.15, 0.2) is 0 Å². The first-order valence-corrected chi connectivity index (χ1v) is 6.25. The molecule has 0 N–H and O–H groups in total. The van der Waals surface area contributed by atoms with Gasteiger partial charge in [0, 0.05) is 11.5 Å². The van der Waals surface area contributed by atoms with Crippen LogP contribution in [0, 0.1) is 29.6 Å². The van der Waals surface area contributed by atoms with Gasteiger partial charge in [0.25, 0.3) is 0 Å². The van der Waals surface area contributed by atoms with Gasteiger partial charge in [-0.25, -0.2) is 0 Å². The minimum absolute atomic E-state index is 0.500. The molecule has 2 rings (SSSR count). The SMILES string of the molecule is Cc1ccc(C#CC2CCCCC2)cc1N=O. The normalized spacial score (nSPS) is 16.1. The molecule has 2 nitrogen and oxygen atoms in total. The molecular formula is C15H17NO. The van der Waals surface area contributed by atoms with Gasteiger partial charge in [-0.15, -0.1) is 4.91 Å². The second-order valence-corrected chi connectivity index (χ2v) is 4.70. The monoisotopic (exact) mass is 227 g/mol. The highest BCUT2D eigenvalue weighted by Crippen LogP contribution is 2.23. The summed E-state index contributed by atoms with van der Waals surface area (Å²) in [5.41, 5.74) is 2.31. The summed E-state index contributed by atoms with van der Waals surface area (Å²) in [6.45, 7) is 1.88. The van der Waals surface area contributed by atoms with E-state index >= 15 is 0 Å². The molecule has 0 aromatic heterocycles. The van der Waals surface area contributed by atoms with Crippen molar-refractivity contribution in [1.29, 1.82) is 0 Å². The molecule has 1 saturated carbocycles. The first-order chi connectivity index (χ1) is 8.29.